The molecular formula is C2H8O4P+. The Hall–Kier alpha value is -0.0200. The average molecular weight is 129 g/mol. The predicted molar refractivity (Wildman–Crippen MR) is 24.8 cm³/mol. The molecule has 0 atom stereocenters. The molecule has 0 aliphatic carbocycles. The van der Waals surface area contributed by atoms with Crippen molar-refractivity contribution in [3.8, 4) is 0 Å². The Morgan fingerprint density at radius 2 is 1.86 bits per heavy atom. The van der Waals surface area contributed by atoms with Crippen LogP contribution in [0, 0.1) is 0 Å². The lowest BCUT2D eigenvalue weighted by atomic mass is 10.9. The molecule has 0 bridgehead atoms. The third-order valence-corrected chi connectivity index (χ3v) is 0. The zero-order valence-electron chi connectivity index (χ0n) is 5.70. The normalized spacial score (nSPS) is 12.6. The fraction of sp³-hybridized carbons (Fsp3) is 1.00. The Bertz CT molecular complexity index is 79.1. The highest BCUT2D eigenvalue weighted by atomic mass is 31.1. The summed E-state index contributed by atoms with van der Waals surface area (Å²) in [5.41, 5.74) is 0. The average Bonchev–Trinajstić information content (AvgIpc) is 1.19. The minimum absolute atomic E-state index is 1.08. The van der Waals surface area contributed by atoms with Crippen LogP contribution in [0.3, 0.4) is 0 Å². The summed E-state index contributed by atoms with van der Waals surface area (Å²) in [5.74, 6) is 0. The first-order valence-corrected chi connectivity index (χ1v) is 2.47. The van der Waals surface area contributed by atoms with E-state index in [-0.39, 0.29) is 0 Å². The van der Waals surface area contributed by atoms with Crippen molar-refractivity contribution in [2.24, 2.45) is 0 Å². The minimum Gasteiger partial charge on any atom is -0.397 e. The molecule has 0 amide bonds. The van der Waals surface area contributed by atoms with Crippen LogP contribution in [0.1, 0.15) is 9.67 Å². The van der Waals surface area contributed by atoms with Gasteiger partial charge in [-0.2, -0.15) is 0 Å². The van der Waals surface area contributed by atoms with Gasteiger partial charge in [-0.3, -0.25) is 0 Å². The van der Waals surface area contributed by atoms with Gasteiger partial charge in [0.25, 0.3) is 0 Å². The van der Waals surface area contributed by atoms with E-state index in [4.69, 9.17) is 22.2 Å². The molecule has 4 nitrogen and oxygen atoms in total. The molecule has 0 aromatic carbocycles. The van der Waals surface area contributed by atoms with Crippen molar-refractivity contribution in [2.75, 3.05) is 6.56 Å². The van der Waals surface area contributed by atoms with Crippen molar-refractivity contribution in [2.45, 2.75) is 6.92 Å². The maximum Gasteiger partial charge on any atom is 0.692 e. The summed E-state index contributed by atoms with van der Waals surface area (Å²) in [6, 6.07) is 0. The second-order valence-electron chi connectivity index (χ2n) is 0.476. The fourth-order valence-corrected chi connectivity index (χ4v) is 0. The van der Waals surface area contributed by atoms with Crippen molar-refractivity contribution in [3.05, 3.63) is 0 Å². The van der Waals surface area contributed by atoms with E-state index in [1.165, 1.54) is 0 Å². The summed E-state index contributed by atoms with van der Waals surface area (Å²) in [6.45, 7) is -0.924. The van der Waals surface area contributed by atoms with Crippen molar-refractivity contribution < 1.29 is 22.2 Å². The Kier molecular flexibility index (Phi) is 6.85. The standard InChI is InChI=1S/C2H6O.HO3P/c1-2-3;1-4(2)3/h3H,2H2,1H3;(H-,1,2,3)/p+1/i2D2;. The van der Waals surface area contributed by atoms with E-state index >= 15 is 0 Å². The monoisotopic (exact) mass is 129 g/mol. The maximum absolute atomic E-state index is 8.70. The van der Waals surface area contributed by atoms with Crippen LogP contribution in [0.5, 0.6) is 0 Å². The smallest absolute Gasteiger partial charge is 0.397 e. The van der Waals surface area contributed by atoms with E-state index in [1.807, 2.05) is 0 Å². The Labute approximate surface area is 45.2 Å². The topological polar surface area (TPSA) is 77.8 Å². The molecule has 0 aliphatic heterocycles. The van der Waals surface area contributed by atoms with Crippen LogP contribution in [-0.4, -0.2) is 21.5 Å². The van der Waals surface area contributed by atoms with Crippen molar-refractivity contribution in [3.63, 3.8) is 0 Å². The summed E-state index contributed by atoms with van der Waals surface area (Å²) in [5, 5.41) is 7.85. The molecule has 0 aliphatic rings. The van der Waals surface area contributed by atoms with Gasteiger partial charge >= 0.3 is 8.25 Å². The summed E-state index contributed by atoms with van der Waals surface area (Å²) in [7, 11) is -2.87. The highest BCUT2D eigenvalue weighted by Crippen LogP contribution is 1.98. The highest BCUT2D eigenvalue weighted by molar-refractivity contribution is 7.30. The predicted octanol–water partition coefficient (Wildman–Crippen LogP) is -0.373. The zero-order valence-corrected chi connectivity index (χ0v) is 4.59. The number of rotatable bonds is 0. The number of aliphatic hydroxyl groups is 1. The van der Waals surface area contributed by atoms with E-state index in [2.05, 4.69) is 0 Å². The maximum atomic E-state index is 8.70. The van der Waals surface area contributed by atoms with E-state index in [0.717, 1.165) is 6.92 Å². The first-order valence-electron chi connectivity index (χ1n) is 2.31. The fourth-order valence-electron chi connectivity index (χ4n) is 0. The highest BCUT2D eigenvalue weighted by Gasteiger charge is 1.93. The molecule has 0 spiro atoms. The van der Waals surface area contributed by atoms with Gasteiger partial charge in [0, 0.05) is 11.1 Å². The van der Waals surface area contributed by atoms with Crippen LogP contribution in [0.2, 0.25) is 0 Å². The molecule has 0 saturated heterocycles. The second-order valence-corrected chi connectivity index (χ2v) is 0.982. The number of hydrogen-bond acceptors (Lipinski definition) is 2. The zero-order chi connectivity index (χ0) is 8.08. The molecule has 0 radical (unpaired) electrons. The van der Waals surface area contributed by atoms with Crippen LogP contribution in [-0.2, 0) is 4.57 Å². The second kappa shape index (κ2) is 9.36. The molecule has 0 aromatic heterocycles. The molecular weight excluding hydrogens is 119 g/mol. The molecule has 0 unspecified atom stereocenters. The summed E-state index contributed by atoms with van der Waals surface area (Å²) < 4.78 is 21.0. The number of hydrogen-bond donors (Lipinski definition) is 3. The van der Waals surface area contributed by atoms with E-state index in [9.17, 15) is 0 Å². The van der Waals surface area contributed by atoms with E-state index in [1.54, 1.807) is 0 Å². The minimum atomic E-state index is -2.87. The van der Waals surface area contributed by atoms with Gasteiger partial charge in [0.05, 0.1) is 2.74 Å². The van der Waals surface area contributed by atoms with Gasteiger partial charge in [0.15, 0.2) is 0 Å². The van der Waals surface area contributed by atoms with Gasteiger partial charge in [-0.1, -0.05) is 0 Å². The van der Waals surface area contributed by atoms with Crippen LogP contribution >= 0.6 is 8.25 Å². The third kappa shape index (κ3) is 237000. The molecule has 0 heterocycles. The van der Waals surface area contributed by atoms with Gasteiger partial charge in [0.1, 0.15) is 0 Å². The molecule has 3 N–H and O–H groups in total. The van der Waals surface area contributed by atoms with Crippen LogP contribution in [0.25, 0.3) is 0 Å². The summed E-state index contributed by atoms with van der Waals surface area (Å²) in [6.07, 6.45) is 0. The Morgan fingerprint density at radius 1 is 1.86 bits per heavy atom. The van der Waals surface area contributed by atoms with E-state index in [0.29, 0.717) is 0 Å². The van der Waals surface area contributed by atoms with Gasteiger partial charge in [0.2, 0.25) is 0 Å². The van der Waals surface area contributed by atoms with Crippen LogP contribution in [0.4, 0.5) is 0 Å². The van der Waals surface area contributed by atoms with Gasteiger partial charge in [-0.05, 0) is 6.92 Å². The molecule has 44 valence electrons. The first kappa shape index (κ1) is 5.12. The van der Waals surface area contributed by atoms with Crippen molar-refractivity contribution >= 4 is 8.25 Å². The lowest BCUT2D eigenvalue weighted by Gasteiger charge is -1.52. The Morgan fingerprint density at radius 3 is 1.86 bits per heavy atom. The third-order valence-electron chi connectivity index (χ3n) is 0. The van der Waals surface area contributed by atoms with Gasteiger partial charge in [-0.25, -0.2) is 0 Å². The molecule has 7 heavy (non-hydrogen) atoms. The Balaban J connectivity index is 0. The van der Waals surface area contributed by atoms with Gasteiger partial charge < -0.3 is 5.11 Å². The van der Waals surface area contributed by atoms with Crippen molar-refractivity contribution in [1.29, 1.82) is 0 Å². The van der Waals surface area contributed by atoms with Crippen molar-refractivity contribution in [1.82, 2.24) is 0 Å². The lowest BCUT2D eigenvalue weighted by molar-refractivity contribution is 0.318. The van der Waals surface area contributed by atoms with Crippen LogP contribution < -0.4 is 0 Å². The molecule has 0 rings (SSSR count). The van der Waals surface area contributed by atoms with E-state index < -0.39 is 14.8 Å². The molecule has 0 saturated carbocycles. The summed E-state index contributed by atoms with van der Waals surface area (Å²) >= 11 is 0. The molecule has 0 aromatic rings. The lowest BCUT2D eigenvalue weighted by Crippen LogP contribution is -1.57. The molecule has 0 fully saturated rings. The first-order chi connectivity index (χ1) is 3.73. The molecule has 5 heteroatoms. The largest absolute Gasteiger partial charge is 0.692 e. The quantitative estimate of drug-likeness (QED) is 0.390. The SMILES string of the molecule is O=[P+](O)O.[2H]C([2H])(C)O. The van der Waals surface area contributed by atoms with Gasteiger partial charge in [-0.15, -0.1) is 9.79 Å². The van der Waals surface area contributed by atoms with Crippen LogP contribution in [0.15, 0.2) is 0 Å². The summed E-state index contributed by atoms with van der Waals surface area (Å²) in [4.78, 5) is 14.2.